The van der Waals surface area contributed by atoms with Crippen LogP contribution in [0.2, 0.25) is 0 Å². The molecule has 112 valence electrons. The highest BCUT2D eigenvalue weighted by molar-refractivity contribution is 5.11. The highest BCUT2D eigenvalue weighted by atomic mass is 16.5. The van der Waals surface area contributed by atoms with Crippen LogP contribution < -0.4 is 0 Å². The third kappa shape index (κ3) is 2.73. The average Bonchev–Trinajstić information content (AvgIpc) is 2.90. The Hall–Kier alpha value is -0.980. The lowest BCUT2D eigenvalue weighted by atomic mass is 9.85. The van der Waals surface area contributed by atoms with E-state index in [-0.39, 0.29) is 6.61 Å². The minimum atomic E-state index is -0.0102. The summed E-state index contributed by atoms with van der Waals surface area (Å²) in [4.78, 5) is 2.54. The van der Waals surface area contributed by atoms with Gasteiger partial charge in [-0.2, -0.15) is 0 Å². The first-order valence-corrected chi connectivity index (χ1v) is 7.57. The van der Waals surface area contributed by atoms with E-state index in [4.69, 9.17) is 4.74 Å². The number of methoxy groups -OCH3 is 1. The monoisotopic (exact) mass is 280 g/mol. The highest BCUT2D eigenvalue weighted by Crippen LogP contribution is 2.30. The van der Waals surface area contributed by atoms with Gasteiger partial charge in [0.15, 0.2) is 0 Å². The molecule has 0 spiro atoms. The summed E-state index contributed by atoms with van der Waals surface area (Å²) in [5.41, 5.74) is 1.83. The van der Waals surface area contributed by atoms with E-state index >= 15 is 0 Å². The van der Waals surface area contributed by atoms with Gasteiger partial charge in [0.1, 0.15) is 5.69 Å². The molecule has 0 unspecified atom stereocenters. The number of rotatable bonds is 4. The molecule has 6 nitrogen and oxygen atoms in total. The van der Waals surface area contributed by atoms with E-state index in [9.17, 15) is 5.11 Å². The molecule has 1 aromatic rings. The van der Waals surface area contributed by atoms with Gasteiger partial charge < -0.3 is 9.84 Å². The fourth-order valence-corrected chi connectivity index (χ4v) is 3.56. The zero-order valence-corrected chi connectivity index (χ0v) is 12.2. The molecule has 1 aliphatic carbocycles. The van der Waals surface area contributed by atoms with E-state index in [0.717, 1.165) is 43.5 Å². The summed E-state index contributed by atoms with van der Waals surface area (Å²) in [5, 5.41) is 17.5. The Labute approximate surface area is 119 Å². The second-order valence-corrected chi connectivity index (χ2v) is 5.96. The second-order valence-electron chi connectivity index (χ2n) is 5.96. The van der Waals surface area contributed by atoms with Crippen molar-refractivity contribution in [2.45, 2.75) is 51.4 Å². The van der Waals surface area contributed by atoms with Crippen LogP contribution in [0.5, 0.6) is 0 Å². The van der Waals surface area contributed by atoms with Crippen LogP contribution in [0.15, 0.2) is 0 Å². The third-order valence-corrected chi connectivity index (χ3v) is 4.75. The van der Waals surface area contributed by atoms with Crippen molar-refractivity contribution in [2.75, 3.05) is 20.3 Å². The summed E-state index contributed by atoms with van der Waals surface area (Å²) < 4.78 is 7.21. The fraction of sp³-hybridized carbons (Fsp3) is 0.857. The van der Waals surface area contributed by atoms with Crippen molar-refractivity contribution in [3.8, 4) is 0 Å². The summed E-state index contributed by atoms with van der Waals surface area (Å²) in [7, 11) is 1.79. The number of fused-ring (bicyclic) bond motifs is 1. The first-order valence-electron chi connectivity index (χ1n) is 7.57. The zero-order chi connectivity index (χ0) is 13.9. The van der Waals surface area contributed by atoms with Gasteiger partial charge in [-0.25, -0.2) is 4.68 Å². The molecule has 2 heterocycles. The van der Waals surface area contributed by atoms with Crippen molar-refractivity contribution in [3.63, 3.8) is 0 Å². The Morgan fingerprint density at radius 1 is 1.25 bits per heavy atom. The van der Waals surface area contributed by atoms with Gasteiger partial charge in [0.2, 0.25) is 0 Å². The molecule has 0 saturated heterocycles. The molecular formula is C14H24N4O2. The van der Waals surface area contributed by atoms with Gasteiger partial charge in [0.05, 0.1) is 18.8 Å². The Bertz CT molecular complexity index is 427. The maximum atomic E-state index is 9.32. The molecule has 1 aliphatic heterocycles. The first kappa shape index (κ1) is 14.0. The standard InChI is InChI=1S/C14H24N4O2/c1-20-10-11-2-4-12(5-3-11)17-6-7-18-14(8-17)13(9-19)15-16-18/h11-12,19H,2-10H2,1H3. The van der Waals surface area contributed by atoms with E-state index < -0.39 is 0 Å². The normalized spacial score (nSPS) is 27.5. The Morgan fingerprint density at radius 3 is 2.75 bits per heavy atom. The van der Waals surface area contributed by atoms with Crippen LogP contribution in [0.3, 0.4) is 0 Å². The summed E-state index contributed by atoms with van der Waals surface area (Å²) in [5.74, 6) is 0.737. The third-order valence-electron chi connectivity index (χ3n) is 4.75. The zero-order valence-electron chi connectivity index (χ0n) is 12.2. The minimum absolute atomic E-state index is 0.0102. The van der Waals surface area contributed by atoms with Crippen LogP contribution in [0, 0.1) is 5.92 Å². The molecule has 20 heavy (non-hydrogen) atoms. The lowest BCUT2D eigenvalue weighted by Crippen LogP contribution is -2.43. The average molecular weight is 280 g/mol. The van der Waals surface area contributed by atoms with Gasteiger partial charge in [0.25, 0.3) is 0 Å². The van der Waals surface area contributed by atoms with Crippen molar-refractivity contribution >= 4 is 0 Å². The van der Waals surface area contributed by atoms with Gasteiger partial charge in [0, 0.05) is 32.8 Å². The summed E-state index contributed by atoms with van der Waals surface area (Å²) in [6, 6.07) is 0.665. The van der Waals surface area contributed by atoms with Gasteiger partial charge in [-0.3, -0.25) is 4.90 Å². The van der Waals surface area contributed by atoms with E-state index in [1.54, 1.807) is 7.11 Å². The smallest absolute Gasteiger partial charge is 0.113 e. The maximum absolute atomic E-state index is 9.32. The molecule has 0 amide bonds. The summed E-state index contributed by atoms with van der Waals surface area (Å²) >= 11 is 0. The Kier molecular flexibility index (Phi) is 4.33. The molecule has 0 aromatic carbocycles. The van der Waals surface area contributed by atoms with Crippen LogP contribution in [0.1, 0.15) is 37.1 Å². The number of aliphatic hydroxyl groups excluding tert-OH is 1. The summed E-state index contributed by atoms with van der Waals surface area (Å²) in [6.07, 6.45) is 5.03. The molecule has 1 fully saturated rings. The topological polar surface area (TPSA) is 63.4 Å². The summed E-state index contributed by atoms with van der Waals surface area (Å²) in [6.45, 7) is 3.70. The van der Waals surface area contributed by atoms with Crippen LogP contribution in [-0.4, -0.2) is 51.3 Å². The van der Waals surface area contributed by atoms with E-state index in [2.05, 4.69) is 15.2 Å². The van der Waals surface area contributed by atoms with Gasteiger partial charge >= 0.3 is 0 Å². The van der Waals surface area contributed by atoms with E-state index in [1.165, 1.54) is 25.7 Å². The number of aromatic nitrogens is 3. The number of hydrogen-bond donors (Lipinski definition) is 1. The largest absolute Gasteiger partial charge is 0.390 e. The SMILES string of the molecule is COCC1CCC(N2CCn3nnc(CO)c3C2)CC1. The molecule has 1 aromatic heterocycles. The molecule has 2 aliphatic rings. The number of nitrogens with zero attached hydrogens (tertiary/aromatic N) is 4. The predicted molar refractivity (Wildman–Crippen MR) is 74.0 cm³/mol. The van der Waals surface area contributed by atoms with Crippen molar-refractivity contribution in [1.29, 1.82) is 0 Å². The molecular weight excluding hydrogens is 256 g/mol. The molecule has 1 N–H and O–H groups in total. The van der Waals surface area contributed by atoms with Gasteiger partial charge in [-0.05, 0) is 31.6 Å². The molecule has 0 radical (unpaired) electrons. The van der Waals surface area contributed by atoms with Crippen LogP contribution in [-0.2, 0) is 24.4 Å². The van der Waals surface area contributed by atoms with Crippen LogP contribution >= 0.6 is 0 Å². The predicted octanol–water partition coefficient (Wildman–Crippen LogP) is 0.791. The number of hydrogen-bond acceptors (Lipinski definition) is 5. The van der Waals surface area contributed by atoms with Crippen molar-refractivity contribution in [3.05, 3.63) is 11.4 Å². The number of ether oxygens (including phenoxy) is 1. The fourth-order valence-electron chi connectivity index (χ4n) is 3.56. The lowest BCUT2D eigenvalue weighted by Gasteiger charge is -2.38. The van der Waals surface area contributed by atoms with Crippen molar-refractivity contribution in [1.82, 2.24) is 19.9 Å². The van der Waals surface area contributed by atoms with Crippen molar-refractivity contribution < 1.29 is 9.84 Å². The minimum Gasteiger partial charge on any atom is -0.390 e. The van der Waals surface area contributed by atoms with Crippen molar-refractivity contribution in [2.24, 2.45) is 5.92 Å². The van der Waals surface area contributed by atoms with Crippen LogP contribution in [0.4, 0.5) is 0 Å². The quantitative estimate of drug-likeness (QED) is 0.883. The van der Waals surface area contributed by atoms with Gasteiger partial charge in [-0.15, -0.1) is 5.10 Å². The Morgan fingerprint density at radius 2 is 2.05 bits per heavy atom. The first-order chi connectivity index (χ1) is 9.81. The molecule has 3 rings (SSSR count). The maximum Gasteiger partial charge on any atom is 0.113 e. The Balaban J connectivity index is 1.60. The molecule has 0 atom stereocenters. The molecule has 1 saturated carbocycles. The molecule has 6 heteroatoms. The van der Waals surface area contributed by atoms with Gasteiger partial charge in [-0.1, -0.05) is 5.21 Å². The van der Waals surface area contributed by atoms with E-state index in [1.807, 2.05) is 4.68 Å². The lowest BCUT2D eigenvalue weighted by molar-refractivity contribution is 0.0744. The second kappa shape index (κ2) is 6.20. The molecule has 0 bridgehead atoms. The van der Waals surface area contributed by atoms with E-state index in [0.29, 0.717) is 6.04 Å². The number of aliphatic hydroxyl groups is 1. The van der Waals surface area contributed by atoms with Crippen LogP contribution in [0.25, 0.3) is 0 Å². The highest BCUT2D eigenvalue weighted by Gasteiger charge is 2.29.